The van der Waals surface area contributed by atoms with E-state index in [0.717, 1.165) is 20.5 Å². The average molecular weight is 335 g/mol. The molecule has 2 N–H and O–H groups in total. The average Bonchev–Trinajstić information content (AvgIpc) is 2.82. The van der Waals surface area contributed by atoms with Crippen molar-refractivity contribution in [3.8, 4) is 5.75 Å². The Kier molecular flexibility index (Phi) is 3.40. The van der Waals surface area contributed by atoms with Crippen LogP contribution in [0, 0.1) is 0 Å². The van der Waals surface area contributed by atoms with Crippen LogP contribution < -0.4 is 10.5 Å². The topological polar surface area (TPSA) is 48.1 Å². The van der Waals surface area contributed by atoms with E-state index in [2.05, 4.69) is 39.1 Å². The molecule has 3 nitrogen and oxygen atoms in total. The molecule has 0 spiro atoms. The zero-order chi connectivity index (χ0) is 13.2. The number of benzene rings is 2. The molecule has 0 amide bonds. The van der Waals surface area contributed by atoms with Gasteiger partial charge in [0.2, 0.25) is 0 Å². The van der Waals surface area contributed by atoms with E-state index in [0.29, 0.717) is 11.7 Å². The maximum Gasteiger partial charge on any atom is 0.180 e. The zero-order valence-electron chi connectivity index (χ0n) is 9.97. The van der Waals surface area contributed by atoms with Gasteiger partial charge in [-0.15, -0.1) is 0 Å². The number of fused-ring (bicyclic) bond motifs is 1. The SMILES string of the molecule is Nc1ncc(COc2ccc3cc(Br)ccc3c2)s1. The second-order valence-electron chi connectivity index (χ2n) is 4.11. The van der Waals surface area contributed by atoms with Crippen molar-refractivity contribution in [3.63, 3.8) is 0 Å². The van der Waals surface area contributed by atoms with Gasteiger partial charge in [0, 0.05) is 10.7 Å². The van der Waals surface area contributed by atoms with Gasteiger partial charge < -0.3 is 10.5 Å². The van der Waals surface area contributed by atoms with Crippen LogP contribution in [0.5, 0.6) is 5.75 Å². The Labute approximate surface area is 123 Å². The molecular weight excluding hydrogens is 324 g/mol. The Bertz CT molecular complexity index is 726. The second-order valence-corrected chi connectivity index (χ2v) is 6.17. The standard InChI is InChI=1S/C14H11BrN2OS/c15-11-3-1-10-6-12(4-2-9(10)5-11)18-8-13-7-17-14(16)19-13/h1-7H,8H2,(H2,16,17). The number of nitrogens with zero attached hydrogens (tertiary/aromatic N) is 1. The number of nitrogens with two attached hydrogens (primary N) is 1. The molecule has 0 saturated heterocycles. The minimum Gasteiger partial charge on any atom is -0.488 e. The number of anilines is 1. The van der Waals surface area contributed by atoms with Gasteiger partial charge in [0.1, 0.15) is 12.4 Å². The van der Waals surface area contributed by atoms with Crippen molar-refractivity contribution in [2.75, 3.05) is 5.73 Å². The lowest BCUT2D eigenvalue weighted by Gasteiger charge is -2.06. The van der Waals surface area contributed by atoms with Crippen LogP contribution in [0.25, 0.3) is 10.8 Å². The van der Waals surface area contributed by atoms with Crippen molar-refractivity contribution >= 4 is 43.2 Å². The third-order valence-electron chi connectivity index (χ3n) is 2.73. The Hall–Kier alpha value is -1.59. The van der Waals surface area contributed by atoms with Gasteiger partial charge in [-0.2, -0.15) is 0 Å². The Morgan fingerprint density at radius 3 is 2.74 bits per heavy atom. The first kappa shape index (κ1) is 12.4. The molecule has 0 aliphatic carbocycles. The van der Waals surface area contributed by atoms with E-state index in [-0.39, 0.29) is 0 Å². The maximum absolute atomic E-state index is 5.75. The lowest BCUT2D eigenvalue weighted by atomic mass is 10.1. The van der Waals surface area contributed by atoms with Crippen molar-refractivity contribution in [3.05, 3.63) is 51.9 Å². The van der Waals surface area contributed by atoms with Gasteiger partial charge in [0.15, 0.2) is 5.13 Å². The molecular formula is C14H11BrN2OS. The zero-order valence-corrected chi connectivity index (χ0v) is 12.4. The van der Waals surface area contributed by atoms with Crippen LogP contribution in [-0.2, 0) is 6.61 Å². The number of thiazole rings is 1. The van der Waals surface area contributed by atoms with Crippen LogP contribution in [0.3, 0.4) is 0 Å². The van der Waals surface area contributed by atoms with Crippen LogP contribution in [-0.4, -0.2) is 4.98 Å². The summed E-state index contributed by atoms with van der Waals surface area (Å²) in [4.78, 5) is 5.02. The molecule has 3 rings (SSSR count). The smallest absolute Gasteiger partial charge is 0.180 e. The van der Waals surface area contributed by atoms with E-state index in [1.807, 2.05) is 18.2 Å². The number of rotatable bonds is 3. The summed E-state index contributed by atoms with van der Waals surface area (Å²) < 4.78 is 6.82. The molecule has 3 aromatic rings. The fourth-order valence-corrected chi connectivity index (χ4v) is 2.80. The third-order valence-corrected chi connectivity index (χ3v) is 4.02. The minimum absolute atomic E-state index is 0.497. The fraction of sp³-hybridized carbons (Fsp3) is 0.0714. The van der Waals surface area contributed by atoms with Gasteiger partial charge in [-0.05, 0) is 35.0 Å². The molecule has 0 atom stereocenters. The first-order valence-corrected chi connectivity index (χ1v) is 7.34. The summed E-state index contributed by atoms with van der Waals surface area (Å²) >= 11 is 4.91. The predicted molar refractivity (Wildman–Crippen MR) is 82.5 cm³/mol. The summed E-state index contributed by atoms with van der Waals surface area (Å²) in [6.07, 6.45) is 1.75. The molecule has 0 unspecified atom stereocenters. The molecule has 0 aliphatic rings. The third kappa shape index (κ3) is 2.88. The highest BCUT2D eigenvalue weighted by Gasteiger charge is 2.02. The highest BCUT2D eigenvalue weighted by molar-refractivity contribution is 9.10. The Balaban J connectivity index is 1.79. The highest BCUT2D eigenvalue weighted by Crippen LogP contribution is 2.25. The number of nitrogen functional groups attached to an aromatic ring is 1. The van der Waals surface area contributed by atoms with E-state index >= 15 is 0 Å². The van der Waals surface area contributed by atoms with Crippen LogP contribution in [0.4, 0.5) is 5.13 Å². The maximum atomic E-state index is 5.75. The van der Waals surface area contributed by atoms with E-state index in [1.54, 1.807) is 6.20 Å². The molecule has 1 aromatic heterocycles. The number of hydrogen-bond donors (Lipinski definition) is 1. The summed E-state index contributed by atoms with van der Waals surface area (Å²) in [5.74, 6) is 0.849. The van der Waals surface area contributed by atoms with Crippen molar-refractivity contribution in [1.29, 1.82) is 0 Å². The molecule has 5 heteroatoms. The molecule has 0 saturated carbocycles. The number of ether oxygens (including phenoxy) is 1. The molecule has 0 bridgehead atoms. The summed E-state index contributed by atoms with van der Waals surface area (Å²) in [6, 6.07) is 12.2. The first-order valence-electron chi connectivity index (χ1n) is 5.73. The fourth-order valence-electron chi connectivity index (χ4n) is 1.83. The summed E-state index contributed by atoms with van der Waals surface area (Å²) in [7, 11) is 0. The van der Waals surface area contributed by atoms with Crippen molar-refractivity contribution in [1.82, 2.24) is 4.98 Å². The van der Waals surface area contributed by atoms with E-state index in [9.17, 15) is 0 Å². The number of hydrogen-bond acceptors (Lipinski definition) is 4. The minimum atomic E-state index is 0.497. The monoisotopic (exact) mass is 334 g/mol. The second kappa shape index (κ2) is 5.19. The normalized spacial score (nSPS) is 10.8. The van der Waals surface area contributed by atoms with Crippen LogP contribution in [0.2, 0.25) is 0 Å². The predicted octanol–water partition coefficient (Wildman–Crippen LogP) is 4.22. The van der Waals surface area contributed by atoms with Gasteiger partial charge in [-0.25, -0.2) is 4.98 Å². The first-order chi connectivity index (χ1) is 9.20. The van der Waals surface area contributed by atoms with Crippen LogP contribution in [0.1, 0.15) is 4.88 Å². The molecule has 19 heavy (non-hydrogen) atoms. The largest absolute Gasteiger partial charge is 0.488 e. The van der Waals surface area contributed by atoms with Crippen LogP contribution in [0.15, 0.2) is 47.1 Å². The summed E-state index contributed by atoms with van der Waals surface area (Å²) in [5.41, 5.74) is 5.58. The van der Waals surface area contributed by atoms with E-state index in [4.69, 9.17) is 10.5 Å². The van der Waals surface area contributed by atoms with Crippen molar-refractivity contribution < 1.29 is 4.74 Å². The lowest BCUT2D eigenvalue weighted by Crippen LogP contribution is -1.92. The molecule has 2 aromatic carbocycles. The molecule has 1 heterocycles. The number of aromatic nitrogens is 1. The highest BCUT2D eigenvalue weighted by atomic mass is 79.9. The van der Waals surface area contributed by atoms with Gasteiger partial charge >= 0.3 is 0 Å². The summed E-state index contributed by atoms with van der Waals surface area (Å²) in [5, 5.41) is 2.91. The van der Waals surface area contributed by atoms with Gasteiger partial charge in [-0.3, -0.25) is 0 Å². The molecule has 0 radical (unpaired) electrons. The summed E-state index contributed by atoms with van der Waals surface area (Å²) in [6.45, 7) is 0.497. The van der Waals surface area contributed by atoms with Gasteiger partial charge in [-0.1, -0.05) is 39.4 Å². The van der Waals surface area contributed by atoms with E-state index < -0.39 is 0 Å². The van der Waals surface area contributed by atoms with Gasteiger partial charge in [0.05, 0.1) is 4.88 Å². The lowest BCUT2D eigenvalue weighted by molar-refractivity contribution is 0.310. The Morgan fingerprint density at radius 1 is 1.16 bits per heavy atom. The van der Waals surface area contributed by atoms with Gasteiger partial charge in [0.25, 0.3) is 0 Å². The number of halogens is 1. The molecule has 0 aliphatic heterocycles. The van der Waals surface area contributed by atoms with E-state index in [1.165, 1.54) is 16.7 Å². The Morgan fingerprint density at radius 2 is 1.95 bits per heavy atom. The van der Waals surface area contributed by atoms with Crippen LogP contribution >= 0.6 is 27.3 Å². The van der Waals surface area contributed by atoms with Crippen molar-refractivity contribution in [2.24, 2.45) is 0 Å². The quantitative estimate of drug-likeness (QED) is 0.780. The molecule has 96 valence electrons. The molecule has 0 fully saturated rings. The van der Waals surface area contributed by atoms with Crippen molar-refractivity contribution in [2.45, 2.75) is 6.61 Å².